The molecule has 33 heavy (non-hydrogen) atoms. The van der Waals surface area contributed by atoms with Crippen LogP contribution in [0, 0.1) is 11.3 Å². The Kier molecular flexibility index (Phi) is 7.51. The molecule has 11 heteroatoms. The molecular weight excluding hydrogens is 450 g/mol. The van der Waals surface area contributed by atoms with Gasteiger partial charge in [0.2, 0.25) is 12.7 Å². The van der Waals surface area contributed by atoms with Gasteiger partial charge in [-0.3, -0.25) is 14.4 Å². The molecule has 180 valence electrons. The van der Waals surface area contributed by atoms with Crippen LogP contribution in [0.4, 0.5) is 0 Å². The summed E-state index contributed by atoms with van der Waals surface area (Å²) in [6.07, 6.45) is 5.10. The summed E-state index contributed by atoms with van der Waals surface area (Å²) in [5, 5.41) is 0. The lowest BCUT2D eigenvalue weighted by molar-refractivity contribution is -0.177. The van der Waals surface area contributed by atoms with Crippen LogP contribution in [0.3, 0.4) is 0 Å². The van der Waals surface area contributed by atoms with Crippen LogP contribution in [0.5, 0.6) is 0 Å². The van der Waals surface area contributed by atoms with Gasteiger partial charge in [-0.1, -0.05) is 0 Å². The molecule has 0 saturated carbocycles. The number of imidazole rings is 1. The van der Waals surface area contributed by atoms with Gasteiger partial charge in [0.05, 0.1) is 23.7 Å². The second kappa shape index (κ2) is 9.98. The van der Waals surface area contributed by atoms with E-state index in [-0.39, 0.29) is 17.6 Å². The van der Waals surface area contributed by atoms with E-state index in [0.717, 1.165) is 4.91 Å². The van der Waals surface area contributed by atoms with Gasteiger partial charge in [-0.25, -0.2) is 9.78 Å². The van der Waals surface area contributed by atoms with Crippen molar-refractivity contribution in [3.05, 3.63) is 29.3 Å². The predicted molar refractivity (Wildman–Crippen MR) is 118 cm³/mol. The van der Waals surface area contributed by atoms with Crippen molar-refractivity contribution in [3.8, 4) is 0 Å². The summed E-state index contributed by atoms with van der Waals surface area (Å²) in [5.74, 6) is -1.86. The molecule has 0 aromatic carbocycles. The largest absolute Gasteiger partial charge is 0.462 e. The number of ether oxygens (including phenoxy) is 3. The molecule has 0 bridgehead atoms. The number of thioether (sulfide) groups is 1. The van der Waals surface area contributed by atoms with Gasteiger partial charge in [-0.2, -0.15) is 0 Å². The molecule has 2 aliphatic heterocycles. The molecule has 1 aromatic heterocycles. The second-order valence-corrected chi connectivity index (χ2v) is 10.2. The Hall–Kier alpha value is -2.82. The Morgan fingerprint density at radius 1 is 1.27 bits per heavy atom. The third-order valence-electron chi connectivity index (χ3n) is 5.40. The smallest absolute Gasteiger partial charge is 0.358 e. The fourth-order valence-corrected chi connectivity index (χ4v) is 4.94. The number of β-lactam (4-membered cyclic amide) rings is 1. The number of aryl methyl sites for hydroxylation is 1. The van der Waals surface area contributed by atoms with E-state index in [2.05, 4.69) is 4.98 Å². The summed E-state index contributed by atoms with van der Waals surface area (Å²) in [5.41, 5.74) is -0.565. The van der Waals surface area contributed by atoms with Crippen molar-refractivity contribution >= 4 is 35.6 Å². The molecule has 3 atom stereocenters. The zero-order valence-corrected chi connectivity index (χ0v) is 20.2. The first kappa shape index (κ1) is 24.8. The zero-order valence-electron chi connectivity index (χ0n) is 19.4. The van der Waals surface area contributed by atoms with E-state index in [1.807, 2.05) is 10.8 Å². The second-order valence-electron chi connectivity index (χ2n) is 8.97. The summed E-state index contributed by atoms with van der Waals surface area (Å²) in [6.45, 7) is 8.19. The summed E-state index contributed by atoms with van der Waals surface area (Å²) < 4.78 is 17.4. The number of aromatic nitrogens is 2. The van der Waals surface area contributed by atoms with Gasteiger partial charge in [-0.15, -0.1) is 11.8 Å². The maximum atomic E-state index is 12.9. The average Bonchev–Trinajstić information content (AvgIpc) is 3.33. The number of carbonyl (C=O) groups is 4. The number of esters is 3. The van der Waals surface area contributed by atoms with E-state index in [1.165, 1.54) is 23.6 Å². The molecule has 1 saturated heterocycles. The van der Waals surface area contributed by atoms with E-state index in [9.17, 15) is 19.2 Å². The van der Waals surface area contributed by atoms with E-state index >= 15 is 0 Å². The first-order valence-corrected chi connectivity index (χ1v) is 11.7. The van der Waals surface area contributed by atoms with Crippen LogP contribution in [0.1, 0.15) is 41.0 Å². The molecular formula is C22H29N3O7S. The first-order chi connectivity index (χ1) is 15.5. The minimum atomic E-state index is -0.730. The van der Waals surface area contributed by atoms with Crippen LogP contribution in [-0.4, -0.2) is 63.0 Å². The predicted octanol–water partition coefficient (Wildman–Crippen LogP) is 2.10. The van der Waals surface area contributed by atoms with Gasteiger partial charge in [-0.05, 0) is 27.7 Å². The van der Waals surface area contributed by atoms with Gasteiger partial charge in [0.25, 0.3) is 0 Å². The van der Waals surface area contributed by atoms with Crippen LogP contribution >= 0.6 is 11.8 Å². The SMILES string of the molecule is CC(=O)OC(C)C1C(=O)N2C(C(=O)OCOC(=O)C(C)(C)C)=C(SCCn3ccnc3)CC12. The minimum absolute atomic E-state index is 0.165. The zero-order chi connectivity index (χ0) is 24.3. The lowest BCUT2D eigenvalue weighted by Gasteiger charge is -2.45. The van der Waals surface area contributed by atoms with Crippen LogP contribution in [0.25, 0.3) is 0 Å². The summed E-state index contributed by atoms with van der Waals surface area (Å²) in [4.78, 5) is 55.2. The fraction of sp³-hybridized carbons (Fsp3) is 0.591. The monoisotopic (exact) mass is 479 g/mol. The molecule has 3 rings (SSSR count). The number of hydrogen-bond acceptors (Lipinski definition) is 9. The number of hydrogen-bond donors (Lipinski definition) is 0. The quantitative estimate of drug-likeness (QED) is 0.298. The molecule has 1 aromatic rings. The molecule has 1 fully saturated rings. The highest BCUT2D eigenvalue weighted by Gasteiger charge is 2.58. The molecule has 3 unspecified atom stereocenters. The Morgan fingerprint density at radius 3 is 2.61 bits per heavy atom. The van der Waals surface area contributed by atoms with Crippen molar-refractivity contribution in [2.24, 2.45) is 11.3 Å². The maximum Gasteiger partial charge on any atom is 0.358 e. The van der Waals surface area contributed by atoms with Crippen LogP contribution in [0.15, 0.2) is 29.3 Å². The number of fused-ring (bicyclic) bond motifs is 1. The topological polar surface area (TPSA) is 117 Å². The van der Waals surface area contributed by atoms with Crippen molar-refractivity contribution < 1.29 is 33.4 Å². The average molecular weight is 480 g/mol. The molecule has 0 aliphatic carbocycles. The van der Waals surface area contributed by atoms with Gasteiger partial charge in [0.1, 0.15) is 11.8 Å². The number of carbonyl (C=O) groups excluding carboxylic acids is 4. The standard InChI is InChI=1S/C22H29N3O7S/c1-13(32-14(2)26)17-15-10-16(33-9-8-24-7-6-23-11-24)18(25(15)19(17)27)20(28)30-12-31-21(29)22(3,4)5/h6-7,11,13,15,17H,8-10,12H2,1-5H3. The molecule has 1 amide bonds. The third kappa shape index (κ3) is 5.58. The van der Waals surface area contributed by atoms with E-state index in [1.54, 1.807) is 40.2 Å². The first-order valence-electron chi connectivity index (χ1n) is 10.7. The minimum Gasteiger partial charge on any atom is -0.462 e. The highest BCUT2D eigenvalue weighted by Crippen LogP contribution is 2.47. The lowest BCUT2D eigenvalue weighted by Crippen LogP contribution is -2.62. The molecule has 0 N–H and O–H groups in total. The summed E-state index contributed by atoms with van der Waals surface area (Å²) in [6, 6.07) is -0.290. The van der Waals surface area contributed by atoms with Crippen LogP contribution < -0.4 is 0 Å². The number of amides is 1. The summed E-state index contributed by atoms with van der Waals surface area (Å²) in [7, 11) is 0. The van der Waals surface area contributed by atoms with E-state index < -0.39 is 42.1 Å². The van der Waals surface area contributed by atoms with Crippen molar-refractivity contribution in [2.45, 2.75) is 59.7 Å². The fourth-order valence-electron chi connectivity index (χ4n) is 3.79. The Labute approximate surface area is 196 Å². The lowest BCUT2D eigenvalue weighted by atomic mass is 9.83. The third-order valence-corrected chi connectivity index (χ3v) is 6.49. The molecule has 10 nitrogen and oxygen atoms in total. The van der Waals surface area contributed by atoms with Crippen LogP contribution in [-0.2, 0) is 39.9 Å². The van der Waals surface area contributed by atoms with Crippen molar-refractivity contribution in [2.75, 3.05) is 12.5 Å². The molecule has 2 aliphatic rings. The molecule has 0 spiro atoms. The van der Waals surface area contributed by atoms with Gasteiger partial charge < -0.3 is 23.7 Å². The van der Waals surface area contributed by atoms with Crippen molar-refractivity contribution in [1.82, 2.24) is 14.5 Å². The van der Waals surface area contributed by atoms with Gasteiger partial charge >= 0.3 is 17.9 Å². The number of nitrogens with zero attached hydrogens (tertiary/aromatic N) is 3. The Balaban J connectivity index is 1.70. The summed E-state index contributed by atoms with van der Waals surface area (Å²) >= 11 is 1.46. The molecule has 3 heterocycles. The highest BCUT2D eigenvalue weighted by molar-refractivity contribution is 8.03. The normalized spacial score (nSPS) is 20.8. The van der Waals surface area contributed by atoms with E-state index in [0.29, 0.717) is 18.7 Å². The van der Waals surface area contributed by atoms with Gasteiger partial charge in [0, 0.05) is 42.9 Å². The number of rotatable bonds is 9. The Bertz CT molecular complexity index is 952. The maximum absolute atomic E-state index is 12.9. The van der Waals surface area contributed by atoms with Crippen molar-refractivity contribution in [1.29, 1.82) is 0 Å². The van der Waals surface area contributed by atoms with Crippen molar-refractivity contribution in [3.63, 3.8) is 0 Å². The van der Waals surface area contributed by atoms with Crippen LogP contribution in [0.2, 0.25) is 0 Å². The molecule has 0 radical (unpaired) electrons. The highest BCUT2D eigenvalue weighted by atomic mass is 32.2. The Morgan fingerprint density at radius 2 is 2.00 bits per heavy atom. The van der Waals surface area contributed by atoms with E-state index in [4.69, 9.17) is 14.2 Å². The van der Waals surface area contributed by atoms with Gasteiger partial charge in [0.15, 0.2) is 0 Å².